The van der Waals surface area contributed by atoms with Crippen molar-refractivity contribution in [2.45, 2.75) is 405 Å². The second-order valence-electron chi connectivity index (χ2n) is 24.8. The summed E-state index contributed by atoms with van der Waals surface area (Å²) in [5, 5.41) is 0. The lowest BCUT2D eigenvalue weighted by molar-refractivity contribution is -0.161. The maximum Gasteiger partial charge on any atom is 0.472 e. The molecule has 0 aromatic heterocycles. The zero-order chi connectivity index (χ0) is 58.7. The molecule has 2 atom stereocenters. The Hall–Kier alpha value is -1.25. The normalized spacial score (nSPS) is 12.9. The van der Waals surface area contributed by atoms with Gasteiger partial charge in [0, 0.05) is 19.4 Å². The summed E-state index contributed by atoms with van der Waals surface area (Å²) in [7, 11) is -4.38. The van der Waals surface area contributed by atoms with Crippen LogP contribution in [0.15, 0.2) is 12.2 Å². The zero-order valence-corrected chi connectivity index (χ0v) is 55.2. The van der Waals surface area contributed by atoms with Crippen LogP contribution in [0.5, 0.6) is 0 Å². The van der Waals surface area contributed by atoms with Gasteiger partial charge in [-0.1, -0.05) is 360 Å². The number of ether oxygens (including phenoxy) is 2. The van der Waals surface area contributed by atoms with Crippen LogP contribution in [-0.2, 0) is 32.7 Å². The van der Waals surface area contributed by atoms with E-state index < -0.39 is 26.5 Å². The molecule has 0 aromatic rings. The van der Waals surface area contributed by atoms with Crippen LogP contribution in [0.25, 0.3) is 0 Å². The van der Waals surface area contributed by atoms with Gasteiger partial charge in [0.25, 0.3) is 0 Å². The molecular formula is C71H140NO8P. The van der Waals surface area contributed by atoms with Crippen molar-refractivity contribution < 1.29 is 37.6 Å². The number of phosphoric acid groups is 1. The summed E-state index contributed by atoms with van der Waals surface area (Å²) in [6.07, 6.45) is 82.0. The van der Waals surface area contributed by atoms with Crippen LogP contribution in [0.1, 0.15) is 399 Å². The molecule has 0 heterocycles. The number of nitrogens with two attached hydrogens (primary N) is 1. The minimum Gasteiger partial charge on any atom is -0.462 e. The van der Waals surface area contributed by atoms with E-state index in [1.807, 2.05) is 0 Å². The third-order valence-electron chi connectivity index (χ3n) is 16.7. The third kappa shape index (κ3) is 67.7. The van der Waals surface area contributed by atoms with Gasteiger partial charge in [-0.15, -0.1) is 0 Å². The molecule has 3 N–H and O–H groups in total. The molecule has 81 heavy (non-hydrogen) atoms. The molecule has 10 heteroatoms. The molecule has 0 aliphatic heterocycles. The molecule has 0 radical (unpaired) electrons. The first-order chi connectivity index (χ1) is 39.8. The summed E-state index contributed by atoms with van der Waals surface area (Å²) in [4.78, 5) is 35.3. The third-order valence-corrected chi connectivity index (χ3v) is 17.6. The minimum atomic E-state index is -4.38. The van der Waals surface area contributed by atoms with Crippen molar-refractivity contribution in [2.75, 3.05) is 26.4 Å². The highest BCUT2D eigenvalue weighted by molar-refractivity contribution is 7.47. The number of esters is 2. The first-order valence-electron chi connectivity index (χ1n) is 36.2. The maximum absolute atomic E-state index is 12.8. The van der Waals surface area contributed by atoms with Crippen LogP contribution < -0.4 is 5.73 Å². The van der Waals surface area contributed by atoms with Gasteiger partial charge in [-0.25, -0.2) is 4.57 Å². The lowest BCUT2D eigenvalue weighted by atomic mass is 10.0. The van der Waals surface area contributed by atoms with Crippen LogP contribution in [0.4, 0.5) is 0 Å². The van der Waals surface area contributed by atoms with E-state index in [1.54, 1.807) is 0 Å². The number of carbonyl (C=O) groups excluding carboxylic acids is 2. The number of hydrogen-bond acceptors (Lipinski definition) is 8. The Balaban J connectivity index is 3.70. The molecule has 0 spiro atoms. The second-order valence-corrected chi connectivity index (χ2v) is 26.3. The summed E-state index contributed by atoms with van der Waals surface area (Å²) in [5.41, 5.74) is 5.40. The van der Waals surface area contributed by atoms with E-state index in [0.717, 1.165) is 32.1 Å². The van der Waals surface area contributed by atoms with Crippen LogP contribution in [-0.4, -0.2) is 49.3 Å². The fraction of sp³-hybridized carbons (Fsp3) is 0.944. The summed E-state index contributed by atoms with van der Waals surface area (Å²) in [6, 6.07) is 0. The Morgan fingerprint density at radius 1 is 0.358 bits per heavy atom. The maximum atomic E-state index is 12.8. The number of phosphoric ester groups is 1. The van der Waals surface area contributed by atoms with E-state index >= 15 is 0 Å². The standard InChI is InChI=1S/C71H140NO8P/c1-3-5-7-9-11-13-15-17-19-21-23-24-25-26-27-28-29-30-31-32-33-34-35-36-37-38-39-40-41-42-43-44-46-48-50-52-54-56-58-60-62-64-71(74)80-69(68-79-81(75,76)78-66-65-72)67-77-70(73)63-61-59-57-55-53-51-49-47-45-22-20-18-16-14-12-10-8-6-4-2/h21,23,69H,3-20,22,24-68,72H2,1-2H3,(H,75,76)/b23-21-. The SMILES string of the molecule is CCCCCCCCCC/C=C\CCCCCCCCCCCCCCCCCCCCCCCCCCCCCCCC(=O)OC(COC(=O)CCCCCCCCCCCCCCCCCCCCC)COP(=O)(O)OCCN. The first kappa shape index (κ1) is 79.8. The number of unbranched alkanes of at least 4 members (excludes halogenated alkanes) is 55. The van der Waals surface area contributed by atoms with Crippen molar-refractivity contribution in [1.29, 1.82) is 0 Å². The molecule has 0 saturated heterocycles. The Kier molecular flexibility index (Phi) is 66.8. The number of carbonyl (C=O) groups is 2. The van der Waals surface area contributed by atoms with Crippen LogP contribution in [0, 0.1) is 0 Å². The van der Waals surface area contributed by atoms with Crippen LogP contribution in [0.2, 0.25) is 0 Å². The monoisotopic (exact) mass is 1170 g/mol. The molecule has 0 rings (SSSR count). The Morgan fingerprint density at radius 2 is 0.605 bits per heavy atom. The Labute approximate surface area is 504 Å². The molecule has 0 amide bonds. The van der Waals surface area contributed by atoms with Crippen molar-refractivity contribution in [3.63, 3.8) is 0 Å². The van der Waals surface area contributed by atoms with E-state index in [0.29, 0.717) is 6.42 Å². The Bertz CT molecular complexity index is 1330. The number of rotatable bonds is 70. The van der Waals surface area contributed by atoms with Crippen LogP contribution in [0.3, 0.4) is 0 Å². The van der Waals surface area contributed by atoms with Crippen molar-refractivity contribution in [2.24, 2.45) is 5.73 Å². The van der Waals surface area contributed by atoms with E-state index in [9.17, 15) is 19.0 Å². The van der Waals surface area contributed by atoms with Crippen LogP contribution >= 0.6 is 7.82 Å². The van der Waals surface area contributed by atoms with Crippen molar-refractivity contribution >= 4 is 19.8 Å². The molecule has 2 unspecified atom stereocenters. The van der Waals surface area contributed by atoms with Gasteiger partial charge < -0.3 is 20.1 Å². The van der Waals surface area contributed by atoms with E-state index in [-0.39, 0.29) is 38.6 Å². The first-order valence-corrected chi connectivity index (χ1v) is 37.7. The summed E-state index contributed by atoms with van der Waals surface area (Å²) >= 11 is 0. The van der Waals surface area contributed by atoms with Crippen molar-refractivity contribution in [1.82, 2.24) is 0 Å². The largest absolute Gasteiger partial charge is 0.472 e. The smallest absolute Gasteiger partial charge is 0.462 e. The van der Waals surface area contributed by atoms with Gasteiger partial charge in [0.1, 0.15) is 6.61 Å². The topological polar surface area (TPSA) is 134 Å². The molecule has 0 aromatic carbocycles. The average molecular weight is 1170 g/mol. The predicted octanol–water partition coefficient (Wildman–Crippen LogP) is 23.5. The molecule has 0 aliphatic rings. The number of hydrogen-bond donors (Lipinski definition) is 2. The molecule has 0 bridgehead atoms. The van der Waals surface area contributed by atoms with Gasteiger partial charge in [-0.05, 0) is 38.5 Å². The molecular weight excluding hydrogens is 1030 g/mol. The van der Waals surface area contributed by atoms with Gasteiger partial charge in [-0.3, -0.25) is 18.6 Å². The number of allylic oxidation sites excluding steroid dienone is 2. The second kappa shape index (κ2) is 67.9. The lowest BCUT2D eigenvalue weighted by Gasteiger charge is -2.19. The van der Waals surface area contributed by atoms with E-state index in [1.165, 1.54) is 334 Å². The lowest BCUT2D eigenvalue weighted by Crippen LogP contribution is -2.29. The molecule has 482 valence electrons. The highest BCUT2D eigenvalue weighted by Crippen LogP contribution is 2.43. The summed E-state index contributed by atoms with van der Waals surface area (Å²) < 4.78 is 33.2. The molecule has 0 fully saturated rings. The summed E-state index contributed by atoms with van der Waals surface area (Å²) in [6.45, 7) is 3.83. The zero-order valence-electron chi connectivity index (χ0n) is 54.3. The van der Waals surface area contributed by atoms with Gasteiger partial charge in [0.15, 0.2) is 6.10 Å². The Morgan fingerprint density at radius 3 is 0.877 bits per heavy atom. The fourth-order valence-electron chi connectivity index (χ4n) is 11.3. The van der Waals surface area contributed by atoms with Gasteiger partial charge in [0.2, 0.25) is 0 Å². The highest BCUT2D eigenvalue weighted by atomic mass is 31.2. The van der Waals surface area contributed by atoms with Crippen molar-refractivity contribution in [3.8, 4) is 0 Å². The molecule has 0 aliphatic carbocycles. The fourth-order valence-corrected chi connectivity index (χ4v) is 12.1. The highest BCUT2D eigenvalue weighted by Gasteiger charge is 2.26. The minimum absolute atomic E-state index is 0.0582. The van der Waals surface area contributed by atoms with Gasteiger partial charge in [0.05, 0.1) is 13.2 Å². The van der Waals surface area contributed by atoms with E-state index in [4.69, 9.17) is 24.3 Å². The quantitative estimate of drug-likeness (QED) is 0.0264. The molecule has 0 saturated carbocycles. The van der Waals surface area contributed by atoms with E-state index in [2.05, 4.69) is 26.0 Å². The molecule has 9 nitrogen and oxygen atoms in total. The van der Waals surface area contributed by atoms with Gasteiger partial charge in [-0.2, -0.15) is 0 Å². The van der Waals surface area contributed by atoms with Crippen molar-refractivity contribution in [3.05, 3.63) is 12.2 Å². The average Bonchev–Trinajstić information content (AvgIpc) is 3.46. The predicted molar refractivity (Wildman–Crippen MR) is 349 cm³/mol. The van der Waals surface area contributed by atoms with Gasteiger partial charge >= 0.3 is 19.8 Å². The summed E-state index contributed by atoms with van der Waals surface area (Å²) in [5.74, 6) is -0.800.